The average molecular weight is 268 g/mol. The number of anilines is 1. The smallest absolute Gasteiger partial charge is 0.465 e. The third kappa shape index (κ3) is 3.16. The predicted molar refractivity (Wildman–Crippen MR) is 52.9 cm³/mol. The molecule has 94 valence electrons. The second kappa shape index (κ2) is 4.70. The van der Waals surface area contributed by atoms with Crippen LogP contribution in [0.3, 0.4) is 0 Å². The zero-order valence-electron chi connectivity index (χ0n) is 8.71. The molecule has 1 aromatic rings. The zero-order chi connectivity index (χ0) is 13.2. The lowest BCUT2D eigenvalue weighted by Gasteiger charge is -2.03. The second-order valence-corrected chi connectivity index (χ2v) is 3.88. The standard InChI is InChI=1S/C8H7F3N2O3S/c1-3-4(5(14)16-2)17-7(12-3)13-6(15)8(9,10)11/h1-2H3,(H,12,13,15). The molecule has 1 amide bonds. The lowest BCUT2D eigenvalue weighted by Crippen LogP contribution is -2.29. The molecule has 0 saturated carbocycles. The molecule has 5 nitrogen and oxygen atoms in total. The van der Waals surface area contributed by atoms with Crippen LogP contribution < -0.4 is 5.32 Å². The summed E-state index contributed by atoms with van der Waals surface area (Å²) in [5.41, 5.74) is 0.194. The molecule has 1 rings (SSSR count). The SMILES string of the molecule is COC(=O)c1sc(NC(=O)C(F)(F)F)nc1C. The van der Waals surface area contributed by atoms with E-state index in [4.69, 9.17) is 0 Å². The van der Waals surface area contributed by atoms with E-state index in [1.54, 1.807) is 5.32 Å². The number of aryl methyl sites for hydroxylation is 1. The Labute approximate surface area is 97.6 Å². The van der Waals surface area contributed by atoms with Crippen LogP contribution in [-0.2, 0) is 9.53 Å². The Bertz CT molecular complexity index is 455. The van der Waals surface area contributed by atoms with Crippen LogP contribution in [0.25, 0.3) is 0 Å². The minimum atomic E-state index is -5.00. The van der Waals surface area contributed by atoms with E-state index >= 15 is 0 Å². The number of carbonyl (C=O) groups excluding carboxylic acids is 2. The second-order valence-electron chi connectivity index (χ2n) is 2.88. The maximum absolute atomic E-state index is 11.9. The summed E-state index contributed by atoms with van der Waals surface area (Å²) in [5, 5.41) is 1.26. The third-order valence-corrected chi connectivity index (χ3v) is 2.70. The van der Waals surface area contributed by atoms with Crippen molar-refractivity contribution in [2.75, 3.05) is 12.4 Å². The molecule has 0 aliphatic rings. The molecule has 9 heteroatoms. The first-order valence-corrected chi connectivity index (χ1v) is 5.01. The molecule has 0 radical (unpaired) electrons. The molecule has 0 spiro atoms. The minimum Gasteiger partial charge on any atom is -0.465 e. The Hall–Kier alpha value is -1.64. The molecule has 0 unspecified atom stereocenters. The van der Waals surface area contributed by atoms with Gasteiger partial charge in [0.25, 0.3) is 0 Å². The zero-order valence-corrected chi connectivity index (χ0v) is 9.53. The summed E-state index contributed by atoms with van der Waals surface area (Å²) < 4.78 is 40.2. The van der Waals surface area contributed by atoms with Gasteiger partial charge in [-0.05, 0) is 6.92 Å². The fraction of sp³-hybridized carbons (Fsp3) is 0.375. The van der Waals surface area contributed by atoms with E-state index in [2.05, 4.69) is 9.72 Å². The van der Waals surface area contributed by atoms with Gasteiger partial charge in [0.1, 0.15) is 4.88 Å². The number of rotatable bonds is 2. The fourth-order valence-corrected chi connectivity index (χ4v) is 1.78. The lowest BCUT2D eigenvalue weighted by molar-refractivity contribution is -0.167. The van der Waals surface area contributed by atoms with Gasteiger partial charge in [-0.25, -0.2) is 9.78 Å². The van der Waals surface area contributed by atoms with Crippen molar-refractivity contribution in [2.45, 2.75) is 13.1 Å². The molecular weight excluding hydrogens is 261 g/mol. The average Bonchev–Trinajstić information content (AvgIpc) is 2.57. The normalized spacial score (nSPS) is 11.1. The monoisotopic (exact) mass is 268 g/mol. The first-order valence-electron chi connectivity index (χ1n) is 4.19. The molecule has 0 fully saturated rings. The van der Waals surface area contributed by atoms with Crippen LogP contribution in [0, 0.1) is 6.92 Å². The number of thiazole rings is 1. The van der Waals surface area contributed by atoms with Crippen LogP contribution in [0.15, 0.2) is 0 Å². The van der Waals surface area contributed by atoms with Crippen molar-refractivity contribution < 1.29 is 27.5 Å². The maximum Gasteiger partial charge on any atom is 0.471 e. The van der Waals surface area contributed by atoms with Gasteiger partial charge in [0.2, 0.25) is 0 Å². The van der Waals surface area contributed by atoms with Crippen molar-refractivity contribution in [3.05, 3.63) is 10.6 Å². The fourth-order valence-electron chi connectivity index (χ4n) is 0.900. The van der Waals surface area contributed by atoms with Crippen molar-refractivity contribution in [3.63, 3.8) is 0 Å². The molecule has 0 aliphatic heterocycles. The molecule has 0 aliphatic carbocycles. The van der Waals surface area contributed by atoms with Gasteiger partial charge >= 0.3 is 18.1 Å². The van der Waals surface area contributed by atoms with Gasteiger partial charge in [-0.15, -0.1) is 0 Å². The van der Waals surface area contributed by atoms with Crippen LogP contribution in [0.4, 0.5) is 18.3 Å². The summed E-state index contributed by atoms with van der Waals surface area (Å²) >= 11 is 0.619. The number of esters is 1. The summed E-state index contributed by atoms with van der Waals surface area (Å²) in [6.45, 7) is 1.42. The Kier molecular flexibility index (Phi) is 3.71. The van der Waals surface area contributed by atoms with Crippen molar-refractivity contribution in [3.8, 4) is 0 Å². The van der Waals surface area contributed by atoms with Crippen molar-refractivity contribution >= 4 is 28.3 Å². The Balaban J connectivity index is 2.88. The summed E-state index contributed by atoms with van der Waals surface area (Å²) in [7, 11) is 1.13. The highest BCUT2D eigenvalue weighted by Crippen LogP contribution is 2.25. The highest BCUT2D eigenvalue weighted by atomic mass is 32.1. The number of nitrogens with zero attached hydrogens (tertiary/aromatic N) is 1. The van der Waals surface area contributed by atoms with Gasteiger partial charge in [-0.2, -0.15) is 13.2 Å². The number of hydrogen-bond acceptors (Lipinski definition) is 5. The van der Waals surface area contributed by atoms with Gasteiger partial charge in [0, 0.05) is 0 Å². The van der Waals surface area contributed by atoms with E-state index in [0.717, 1.165) is 7.11 Å². The van der Waals surface area contributed by atoms with E-state index in [1.807, 2.05) is 0 Å². The van der Waals surface area contributed by atoms with Crippen LogP contribution in [0.2, 0.25) is 0 Å². The molecule has 1 N–H and O–H groups in total. The van der Waals surface area contributed by atoms with Crippen LogP contribution in [-0.4, -0.2) is 30.1 Å². The van der Waals surface area contributed by atoms with E-state index in [9.17, 15) is 22.8 Å². The summed E-state index contributed by atoms with van der Waals surface area (Å²) in [6, 6.07) is 0. The topological polar surface area (TPSA) is 68.3 Å². The predicted octanol–water partition coefficient (Wildman–Crippen LogP) is 1.74. The number of alkyl halides is 3. The first-order chi connectivity index (χ1) is 7.75. The molecule has 0 bridgehead atoms. The van der Waals surface area contributed by atoms with Gasteiger partial charge in [0.05, 0.1) is 12.8 Å². The van der Waals surface area contributed by atoms with E-state index in [-0.39, 0.29) is 15.7 Å². The lowest BCUT2D eigenvalue weighted by atomic mass is 10.4. The third-order valence-electron chi connectivity index (χ3n) is 1.65. The van der Waals surface area contributed by atoms with Crippen LogP contribution >= 0.6 is 11.3 Å². The Morgan fingerprint density at radius 3 is 2.47 bits per heavy atom. The maximum atomic E-state index is 11.9. The van der Waals surface area contributed by atoms with Crippen molar-refractivity contribution in [2.24, 2.45) is 0 Å². The van der Waals surface area contributed by atoms with E-state index in [1.165, 1.54) is 6.92 Å². The summed E-state index contributed by atoms with van der Waals surface area (Å²) in [4.78, 5) is 25.4. The van der Waals surface area contributed by atoms with Crippen molar-refractivity contribution in [1.29, 1.82) is 0 Å². The molecule has 0 aromatic carbocycles. The first kappa shape index (κ1) is 13.4. The largest absolute Gasteiger partial charge is 0.471 e. The number of methoxy groups -OCH3 is 1. The van der Waals surface area contributed by atoms with Crippen LogP contribution in [0.1, 0.15) is 15.4 Å². The van der Waals surface area contributed by atoms with E-state index in [0.29, 0.717) is 11.3 Å². The number of halogens is 3. The molecular formula is C8H7F3N2O3S. The molecule has 0 atom stereocenters. The number of carbonyl (C=O) groups is 2. The minimum absolute atomic E-state index is 0.0463. The number of ether oxygens (including phenoxy) is 1. The highest BCUT2D eigenvalue weighted by Gasteiger charge is 2.39. The van der Waals surface area contributed by atoms with Crippen molar-refractivity contribution in [1.82, 2.24) is 4.98 Å². The number of nitrogens with one attached hydrogen (secondary N) is 1. The Morgan fingerprint density at radius 1 is 1.41 bits per heavy atom. The summed E-state index contributed by atoms with van der Waals surface area (Å²) in [5.74, 6) is -2.85. The number of amides is 1. The summed E-state index contributed by atoms with van der Waals surface area (Å²) in [6.07, 6.45) is -5.00. The molecule has 0 saturated heterocycles. The highest BCUT2D eigenvalue weighted by molar-refractivity contribution is 7.17. The molecule has 1 aromatic heterocycles. The molecule has 17 heavy (non-hydrogen) atoms. The number of hydrogen-bond donors (Lipinski definition) is 1. The van der Waals surface area contributed by atoms with Gasteiger partial charge < -0.3 is 4.74 Å². The van der Waals surface area contributed by atoms with Gasteiger partial charge in [0.15, 0.2) is 5.13 Å². The Morgan fingerprint density at radius 2 is 2.00 bits per heavy atom. The van der Waals surface area contributed by atoms with Gasteiger partial charge in [-0.1, -0.05) is 11.3 Å². The van der Waals surface area contributed by atoms with E-state index < -0.39 is 18.1 Å². The van der Waals surface area contributed by atoms with Crippen LogP contribution in [0.5, 0.6) is 0 Å². The number of aromatic nitrogens is 1. The van der Waals surface area contributed by atoms with Gasteiger partial charge in [-0.3, -0.25) is 10.1 Å². The molecule has 1 heterocycles. The quantitative estimate of drug-likeness (QED) is 0.829.